The highest BCUT2D eigenvalue weighted by molar-refractivity contribution is 7.13. The molecule has 2 rings (SSSR count). The highest BCUT2D eigenvalue weighted by atomic mass is 32.1. The molecular weight excluding hydrogens is 258 g/mol. The largest absolute Gasteiger partial charge is 0.486 e. The first-order valence-electron chi connectivity index (χ1n) is 6.09. The number of nitrogens with one attached hydrogen (secondary N) is 1. The van der Waals surface area contributed by atoms with Crippen LogP contribution in [0.4, 0.5) is 0 Å². The first kappa shape index (κ1) is 13.5. The molecule has 19 heavy (non-hydrogen) atoms. The molecular formula is C14H17N3OS. The summed E-state index contributed by atoms with van der Waals surface area (Å²) in [6, 6.07) is 9.61. The zero-order chi connectivity index (χ0) is 13.8. The number of nitrogens with zero attached hydrogens (tertiary/aromatic N) is 1. The molecule has 0 spiro atoms. The number of para-hydroxylation sites is 1. The zero-order valence-electron chi connectivity index (χ0n) is 11.0. The predicted molar refractivity (Wildman–Crippen MR) is 78.0 cm³/mol. The van der Waals surface area contributed by atoms with E-state index in [2.05, 4.69) is 4.98 Å². The van der Waals surface area contributed by atoms with Gasteiger partial charge in [-0.05, 0) is 18.1 Å². The Morgan fingerprint density at radius 1 is 1.37 bits per heavy atom. The van der Waals surface area contributed by atoms with Crippen molar-refractivity contribution in [3.63, 3.8) is 0 Å². The van der Waals surface area contributed by atoms with Crippen LogP contribution in [0.2, 0.25) is 0 Å². The Morgan fingerprint density at radius 2 is 2.05 bits per heavy atom. The average Bonchev–Trinajstić information content (AvgIpc) is 2.82. The van der Waals surface area contributed by atoms with E-state index in [4.69, 9.17) is 15.9 Å². The van der Waals surface area contributed by atoms with Crippen LogP contribution >= 0.6 is 11.3 Å². The minimum Gasteiger partial charge on any atom is -0.486 e. The fourth-order valence-corrected chi connectivity index (χ4v) is 2.68. The summed E-state index contributed by atoms with van der Waals surface area (Å²) < 4.78 is 5.66. The molecule has 4 nitrogen and oxygen atoms in total. The third kappa shape index (κ3) is 3.32. The number of hydrogen-bond donors (Lipinski definition) is 2. The summed E-state index contributed by atoms with van der Waals surface area (Å²) in [5.74, 6) is 1.14. The lowest BCUT2D eigenvalue weighted by molar-refractivity contribution is 0.305. The second kappa shape index (κ2) is 5.84. The smallest absolute Gasteiger partial charge is 0.140 e. The molecule has 0 radical (unpaired) electrons. The maximum atomic E-state index is 7.59. The summed E-state index contributed by atoms with van der Waals surface area (Å²) >= 11 is 1.43. The summed E-state index contributed by atoms with van der Waals surface area (Å²) in [5.41, 5.74) is 6.46. The van der Waals surface area contributed by atoms with Crippen LogP contribution in [0.25, 0.3) is 0 Å². The summed E-state index contributed by atoms with van der Waals surface area (Å²) in [4.78, 5) is 5.27. The lowest BCUT2D eigenvalue weighted by atomic mass is 10.1. The van der Waals surface area contributed by atoms with Crippen molar-refractivity contribution in [1.29, 1.82) is 5.41 Å². The molecule has 0 saturated carbocycles. The molecule has 1 aromatic heterocycles. The first-order valence-corrected chi connectivity index (χ1v) is 6.91. The van der Waals surface area contributed by atoms with E-state index in [1.807, 2.05) is 44.2 Å². The molecule has 0 aliphatic rings. The number of aromatic nitrogens is 1. The Balaban J connectivity index is 2.13. The number of rotatable bonds is 5. The molecule has 5 heteroatoms. The number of ether oxygens (including phenoxy) is 1. The van der Waals surface area contributed by atoms with Gasteiger partial charge in [0.15, 0.2) is 0 Å². The minimum absolute atomic E-state index is 0.0761. The fourth-order valence-electron chi connectivity index (χ4n) is 1.69. The molecule has 0 aliphatic carbocycles. The molecule has 0 aliphatic heterocycles. The fraction of sp³-hybridized carbons (Fsp3) is 0.286. The Hall–Kier alpha value is -1.88. The van der Waals surface area contributed by atoms with Crippen molar-refractivity contribution >= 4 is 17.2 Å². The monoisotopic (exact) mass is 275 g/mol. The van der Waals surface area contributed by atoms with Gasteiger partial charge in [0.1, 0.15) is 23.2 Å². The predicted octanol–water partition coefficient (Wildman–Crippen LogP) is 3.13. The van der Waals surface area contributed by atoms with Gasteiger partial charge in [-0.25, -0.2) is 4.98 Å². The van der Waals surface area contributed by atoms with Crippen molar-refractivity contribution in [3.05, 3.63) is 45.9 Å². The van der Waals surface area contributed by atoms with Crippen LogP contribution in [0.1, 0.15) is 35.3 Å². The van der Waals surface area contributed by atoms with E-state index in [1.165, 1.54) is 11.3 Å². The van der Waals surface area contributed by atoms with Gasteiger partial charge in [-0.3, -0.25) is 5.41 Å². The third-order valence-corrected chi connectivity index (χ3v) is 3.67. The van der Waals surface area contributed by atoms with E-state index in [9.17, 15) is 0 Å². The summed E-state index contributed by atoms with van der Waals surface area (Å²) in [5, 5.41) is 8.43. The standard InChI is InChI=1S/C14H17N3OS/c1-9(2)12-13(14(15)16)19-11(17-12)8-18-10-6-4-3-5-7-10/h3-7,9H,8H2,1-2H3,(H3,15,16). The maximum absolute atomic E-state index is 7.59. The van der Waals surface area contributed by atoms with Gasteiger partial charge in [0.05, 0.1) is 10.6 Å². The Kier molecular flexibility index (Phi) is 4.16. The van der Waals surface area contributed by atoms with Gasteiger partial charge in [0, 0.05) is 0 Å². The number of nitrogen functional groups attached to an aromatic ring is 1. The van der Waals surface area contributed by atoms with Crippen molar-refractivity contribution < 1.29 is 4.74 Å². The Labute approximate surface area is 116 Å². The van der Waals surface area contributed by atoms with Gasteiger partial charge in [0.25, 0.3) is 0 Å². The first-order chi connectivity index (χ1) is 9.08. The summed E-state index contributed by atoms with van der Waals surface area (Å²) in [6.45, 7) is 4.49. The van der Waals surface area contributed by atoms with E-state index in [1.54, 1.807) is 0 Å². The normalized spacial score (nSPS) is 10.7. The topological polar surface area (TPSA) is 72.0 Å². The molecule has 3 N–H and O–H groups in total. The van der Waals surface area contributed by atoms with Crippen LogP contribution in [-0.2, 0) is 6.61 Å². The number of thiazole rings is 1. The van der Waals surface area contributed by atoms with E-state index < -0.39 is 0 Å². The maximum Gasteiger partial charge on any atom is 0.140 e. The van der Waals surface area contributed by atoms with Crippen molar-refractivity contribution in [2.45, 2.75) is 26.4 Å². The molecule has 100 valence electrons. The molecule has 1 heterocycles. The van der Waals surface area contributed by atoms with Gasteiger partial charge in [0.2, 0.25) is 0 Å². The lowest BCUT2D eigenvalue weighted by Crippen LogP contribution is -2.12. The molecule has 2 aromatic rings. The van der Waals surface area contributed by atoms with Gasteiger partial charge >= 0.3 is 0 Å². The van der Waals surface area contributed by atoms with Crippen molar-refractivity contribution in [3.8, 4) is 5.75 Å². The number of amidine groups is 1. The molecule has 0 amide bonds. The third-order valence-electron chi connectivity index (χ3n) is 2.59. The van der Waals surface area contributed by atoms with Gasteiger partial charge in [-0.1, -0.05) is 32.0 Å². The second-order valence-corrected chi connectivity index (χ2v) is 5.58. The molecule has 0 unspecified atom stereocenters. The summed E-state index contributed by atoms with van der Waals surface area (Å²) in [7, 11) is 0. The van der Waals surface area contributed by atoms with Crippen LogP contribution in [0.5, 0.6) is 5.75 Å². The minimum atomic E-state index is 0.0761. The average molecular weight is 275 g/mol. The second-order valence-electron chi connectivity index (χ2n) is 4.49. The highest BCUT2D eigenvalue weighted by Crippen LogP contribution is 2.25. The van der Waals surface area contributed by atoms with Crippen LogP contribution in [0.3, 0.4) is 0 Å². The van der Waals surface area contributed by atoms with E-state index >= 15 is 0 Å². The van der Waals surface area contributed by atoms with Crippen molar-refractivity contribution in [1.82, 2.24) is 4.98 Å². The van der Waals surface area contributed by atoms with E-state index in [0.29, 0.717) is 6.61 Å². The number of hydrogen-bond acceptors (Lipinski definition) is 4. The summed E-state index contributed by atoms with van der Waals surface area (Å²) in [6.07, 6.45) is 0. The van der Waals surface area contributed by atoms with Crippen LogP contribution in [0, 0.1) is 5.41 Å². The van der Waals surface area contributed by atoms with Crippen LogP contribution in [-0.4, -0.2) is 10.8 Å². The van der Waals surface area contributed by atoms with Gasteiger partial charge < -0.3 is 10.5 Å². The molecule has 0 saturated heterocycles. The Bertz CT molecular complexity index is 563. The van der Waals surface area contributed by atoms with Crippen molar-refractivity contribution in [2.75, 3.05) is 0 Å². The van der Waals surface area contributed by atoms with E-state index in [-0.39, 0.29) is 11.8 Å². The molecule has 0 fully saturated rings. The zero-order valence-corrected chi connectivity index (χ0v) is 11.8. The van der Waals surface area contributed by atoms with E-state index in [0.717, 1.165) is 21.3 Å². The lowest BCUT2D eigenvalue weighted by Gasteiger charge is -2.03. The number of benzene rings is 1. The van der Waals surface area contributed by atoms with Crippen molar-refractivity contribution in [2.24, 2.45) is 5.73 Å². The van der Waals surface area contributed by atoms with Gasteiger partial charge in [-0.2, -0.15) is 0 Å². The SMILES string of the molecule is CC(C)c1nc(COc2ccccc2)sc1C(=N)N. The van der Waals surface area contributed by atoms with Crippen LogP contribution < -0.4 is 10.5 Å². The molecule has 0 bridgehead atoms. The quantitative estimate of drug-likeness (QED) is 0.650. The molecule has 0 atom stereocenters. The number of nitrogens with two attached hydrogens (primary N) is 1. The van der Waals surface area contributed by atoms with Gasteiger partial charge in [-0.15, -0.1) is 11.3 Å². The van der Waals surface area contributed by atoms with Crippen LogP contribution in [0.15, 0.2) is 30.3 Å². The highest BCUT2D eigenvalue weighted by Gasteiger charge is 2.16. The Morgan fingerprint density at radius 3 is 2.58 bits per heavy atom. The molecule has 1 aromatic carbocycles.